The number of aliphatic hydroxyl groups is 7. The van der Waals surface area contributed by atoms with Gasteiger partial charge in [-0.15, -0.1) is 0 Å². The van der Waals surface area contributed by atoms with Crippen molar-refractivity contribution in [1.82, 2.24) is 0 Å². The van der Waals surface area contributed by atoms with Gasteiger partial charge in [0.15, 0.2) is 12.6 Å². The predicted octanol–water partition coefficient (Wildman–Crippen LogP) is -4.81. The van der Waals surface area contributed by atoms with E-state index >= 15 is 0 Å². The number of carbonyl (C=O) groups excluding carboxylic acids is 1. The van der Waals surface area contributed by atoms with Crippen molar-refractivity contribution in [2.24, 2.45) is 0 Å². The fraction of sp³-hybridized carbons (Fsp3) is 0.938. The molecule has 0 aromatic heterocycles. The molecule has 0 aromatic carbocycles. The van der Waals surface area contributed by atoms with Crippen LogP contribution in [0.25, 0.3) is 0 Å². The molecule has 0 radical (unpaired) electrons. The van der Waals surface area contributed by atoms with Gasteiger partial charge in [0.2, 0.25) is 0 Å². The Labute approximate surface area is 165 Å². The fourth-order valence-electron chi connectivity index (χ4n) is 2.92. The molecule has 2 saturated heterocycles. The van der Waals surface area contributed by atoms with Gasteiger partial charge in [0, 0.05) is 6.92 Å². The predicted molar refractivity (Wildman–Crippen MR) is 89.0 cm³/mol. The molecule has 13 heteroatoms. The van der Waals surface area contributed by atoms with Gasteiger partial charge >= 0.3 is 5.97 Å². The van der Waals surface area contributed by atoms with Crippen LogP contribution in [0.1, 0.15) is 6.92 Å². The minimum Gasteiger partial charge on any atom is -0.463 e. The second kappa shape index (κ2) is 10.9. The van der Waals surface area contributed by atoms with Crippen LogP contribution in [0.15, 0.2) is 0 Å². The summed E-state index contributed by atoms with van der Waals surface area (Å²) in [5.74, 6) is -0.492. The van der Waals surface area contributed by atoms with Crippen molar-refractivity contribution in [1.29, 1.82) is 0 Å². The SMILES string of the molecule is CC(=O)OCCOCC1OC(OC2OC(CO)C(O)C(O)C2O)C(O)C(O)C1O. The summed E-state index contributed by atoms with van der Waals surface area (Å²) < 4.78 is 25.7. The average molecular weight is 428 g/mol. The Kier molecular flexibility index (Phi) is 9.12. The first-order chi connectivity index (χ1) is 13.7. The van der Waals surface area contributed by atoms with Crippen LogP contribution in [-0.4, -0.2) is 130 Å². The third-order valence-corrected chi connectivity index (χ3v) is 4.60. The number of rotatable bonds is 8. The number of aliphatic hydroxyl groups excluding tert-OH is 7. The Morgan fingerprint density at radius 3 is 1.83 bits per heavy atom. The van der Waals surface area contributed by atoms with Crippen molar-refractivity contribution >= 4 is 5.97 Å². The first kappa shape index (κ1) is 24.3. The van der Waals surface area contributed by atoms with Crippen LogP contribution in [-0.2, 0) is 28.5 Å². The summed E-state index contributed by atoms with van der Waals surface area (Å²) in [6.45, 7) is 0.254. The van der Waals surface area contributed by atoms with Crippen molar-refractivity contribution in [2.45, 2.75) is 68.3 Å². The smallest absolute Gasteiger partial charge is 0.302 e. The third kappa shape index (κ3) is 6.02. The van der Waals surface area contributed by atoms with E-state index in [1.54, 1.807) is 0 Å². The molecule has 0 bridgehead atoms. The largest absolute Gasteiger partial charge is 0.463 e. The van der Waals surface area contributed by atoms with E-state index in [1.165, 1.54) is 6.92 Å². The van der Waals surface area contributed by atoms with E-state index < -0.39 is 74.0 Å². The number of hydrogen-bond acceptors (Lipinski definition) is 13. The molecule has 2 aliphatic rings. The maximum Gasteiger partial charge on any atom is 0.302 e. The molecule has 7 N–H and O–H groups in total. The Morgan fingerprint density at radius 1 is 0.793 bits per heavy atom. The average Bonchev–Trinajstić information content (AvgIpc) is 2.69. The molecule has 29 heavy (non-hydrogen) atoms. The molecule has 0 aliphatic carbocycles. The minimum absolute atomic E-state index is 0.0109. The van der Waals surface area contributed by atoms with Crippen LogP contribution in [0.2, 0.25) is 0 Å². The van der Waals surface area contributed by atoms with E-state index in [2.05, 4.69) is 4.74 Å². The molecular formula is C16H28O13. The second-order valence-electron chi connectivity index (χ2n) is 6.76. The van der Waals surface area contributed by atoms with Gasteiger partial charge in [-0.3, -0.25) is 4.79 Å². The highest BCUT2D eigenvalue weighted by Gasteiger charge is 2.49. The molecule has 2 rings (SSSR count). The molecule has 13 nitrogen and oxygen atoms in total. The summed E-state index contributed by atoms with van der Waals surface area (Å²) in [6.07, 6.45) is -15.6. The number of esters is 1. The second-order valence-corrected chi connectivity index (χ2v) is 6.76. The number of carbonyl (C=O) groups is 1. The lowest BCUT2D eigenvalue weighted by atomic mass is 9.98. The van der Waals surface area contributed by atoms with Crippen LogP contribution in [0.5, 0.6) is 0 Å². The summed E-state index contributed by atoms with van der Waals surface area (Å²) in [7, 11) is 0. The van der Waals surface area contributed by atoms with E-state index in [4.69, 9.17) is 18.9 Å². The van der Waals surface area contributed by atoms with E-state index in [-0.39, 0.29) is 19.8 Å². The lowest BCUT2D eigenvalue weighted by Gasteiger charge is -2.44. The van der Waals surface area contributed by atoms with Gasteiger partial charge < -0.3 is 59.4 Å². The molecular weight excluding hydrogens is 400 g/mol. The lowest BCUT2D eigenvalue weighted by Crippen LogP contribution is -2.63. The molecule has 0 aromatic rings. The zero-order valence-electron chi connectivity index (χ0n) is 15.7. The van der Waals surface area contributed by atoms with Gasteiger partial charge in [0.05, 0.1) is 19.8 Å². The molecule has 170 valence electrons. The molecule has 2 heterocycles. The first-order valence-corrected chi connectivity index (χ1v) is 9.04. The lowest BCUT2D eigenvalue weighted by molar-refractivity contribution is -0.377. The van der Waals surface area contributed by atoms with Crippen LogP contribution < -0.4 is 0 Å². The zero-order chi connectivity index (χ0) is 21.7. The Balaban J connectivity index is 1.95. The molecule has 0 amide bonds. The fourth-order valence-corrected chi connectivity index (χ4v) is 2.92. The van der Waals surface area contributed by atoms with Crippen LogP contribution in [0, 0.1) is 0 Å². The molecule has 10 atom stereocenters. The maximum absolute atomic E-state index is 10.7. The highest BCUT2D eigenvalue weighted by atomic mass is 16.8. The summed E-state index contributed by atoms with van der Waals surface area (Å²) in [5.41, 5.74) is 0. The van der Waals surface area contributed by atoms with E-state index in [9.17, 15) is 40.5 Å². The zero-order valence-corrected chi connectivity index (χ0v) is 15.7. The Bertz CT molecular complexity index is 517. The van der Waals surface area contributed by atoms with Gasteiger partial charge in [-0.2, -0.15) is 0 Å². The topological polar surface area (TPSA) is 205 Å². The first-order valence-electron chi connectivity index (χ1n) is 9.04. The highest BCUT2D eigenvalue weighted by Crippen LogP contribution is 2.28. The monoisotopic (exact) mass is 428 g/mol. The van der Waals surface area contributed by atoms with Crippen molar-refractivity contribution in [3.63, 3.8) is 0 Å². The summed E-state index contributed by atoms with van der Waals surface area (Å²) in [4.78, 5) is 10.7. The van der Waals surface area contributed by atoms with E-state index in [0.29, 0.717) is 0 Å². The van der Waals surface area contributed by atoms with Crippen molar-refractivity contribution in [3.8, 4) is 0 Å². The summed E-state index contributed by atoms with van der Waals surface area (Å²) in [5, 5.41) is 69.0. The minimum atomic E-state index is -1.74. The molecule has 2 aliphatic heterocycles. The Hall–Kier alpha value is -0.970. The van der Waals surface area contributed by atoms with Crippen LogP contribution >= 0.6 is 0 Å². The molecule has 0 saturated carbocycles. The summed E-state index contributed by atoms with van der Waals surface area (Å²) >= 11 is 0. The van der Waals surface area contributed by atoms with Crippen LogP contribution in [0.4, 0.5) is 0 Å². The van der Waals surface area contributed by atoms with Gasteiger partial charge in [-0.1, -0.05) is 0 Å². The van der Waals surface area contributed by atoms with Gasteiger partial charge in [-0.05, 0) is 0 Å². The van der Waals surface area contributed by atoms with Gasteiger partial charge in [0.1, 0.15) is 55.4 Å². The quantitative estimate of drug-likeness (QED) is 0.143. The molecule has 2 fully saturated rings. The standard InChI is InChI=1S/C16H28O13/c1-6(18)26-3-2-25-5-8-10(20)12(22)14(24)16(28-8)29-15-13(23)11(21)9(19)7(4-17)27-15/h7-17,19-24H,2-5H2,1H3. The highest BCUT2D eigenvalue weighted by molar-refractivity contribution is 5.65. The number of hydrogen-bond donors (Lipinski definition) is 7. The maximum atomic E-state index is 10.7. The summed E-state index contributed by atoms with van der Waals surface area (Å²) in [6, 6.07) is 0. The van der Waals surface area contributed by atoms with Crippen LogP contribution in [0.3, 0.4) is 0 Å². The van der Waals surface area contributed by atoms with Crippen molar-refractivity contribution < 1.29 is 64.2 Å². The normalized spacial score (nSPS) is 43.2. The van der Waals surface area contributed by atoms with Gasteiger partial charge in [0.25, 0.3) is 0 Å². The van der Waals surface area contributed by atoms with Crippen molar-refractivity contribution in [2.75, 3.05) is 26.4 Å². The third-order valence-electron chi connectivity index (χ3n) is 4.60. The van der Waals surface area contributed by atoms with E-state index in [1.807, 2.05) is 0 Å². The molecule has 10 unspecified atom stereocenters. The molecule has 0 spiro atoms. The van der Waals surface area contributed by atoms with E-state index in [0.717, 1.165) is 0 Å². The number of ether oxygens (including phenoxy) is 5. The Morgan fingerprint density at radius 2 is 1.31 bits per heavy atom. The van der Waals surface area contributed by atoms with Crippen molar-refractivity contribution in [3.05, 3.63) is 0 Å². The van der Waals surface area contributed by atoms with Gasteiger partial charge in [-0.25, -0.2) is 0 Å².